The molecule has 1 aromatic rings. The Balaban J connectivity index is 0.000000271. The number of aromatic nitrogens is 1. The second-order valence-electron chi connectivity index (χ2n) is 9.43. The summed E-state index contributed by atoms with van der Waals surface area (Å²) in [5.41, 5.74) is 1.21. The van der Waals surface area contributed by atoms with Crippen LogP contribution in [0.4, 0.5) is 26.3 Å². The van der Waals surface area contributed by atoms with E-state index in [0.717, 1.165) is 30.3 Å². The maximum Gasteiger partial charge on any atom is 0.490 e. The van der Waals surface area contributed by atoms with E-state index in [1.54, 1.807) is 0 Å². The first-order valence-corrected chi connectivity index (χ1v) is 11.6. The third-order valence-corrected chi connectivity index (χ3v) is 6.54. The van der Waals surface area contributed by atoms with Crippen molar-refractivity contribution in [2.24, 2.45) is 17.8 Å². The van der Waals surface area contributed by atoms with Gasteiger partial charge in [0.05, 0.1) is 5.69 Å². The van der Waals surface area contributed by atoms with Gasteiger partial charge >= 0.3 is 24.3 Å². The van der Waals surface area contributed by atoms with Gasteiger partial charge in [0.1, 0.15) is 0 Å². The van der Waals surface area contributed by atoms with Crippen molar-refractivity contribution in [1.29, 1.82) is 0 Å². The molecule has 2 heterocycles. The van der Waals surface area contributed by atoms with Crippen LogP contribution < -0.4 is 0 Å². The Labute approximate surface area is 205 Å². The molecule has 3 atom stereocenters. The van der Waals surface area contributed by atoms with Crippen LogP contribution in [0.1, 0.15) is 37.8 Å². The molecule has 36 heavy (non-hydrogen) atoms. The van der Waals surface area contributed by atoms with Gasteiger partial charge in [-0.1, -0.05) is 12.5 Å². The Morgan fingerprint density at radius 2 is 1.58 bits per heavy atom. The van der Waals surface area contributed by atoms with Crippen molar-refractivity contribution in [3.05, 3.63) is 30.1 Å². The largest absolute Gasteiger partial charge is 0.490 e. The van der Waals surface area contributed by atoms with Gasteiger partial charge in [0.25, 0.3) is 0 Å². The number of nitrogens with zero attached hydrogens (tertiary/aromatic N) is 3. The highest BCUT2D eigenvalue weighted by Crippen LogP contribution is 2.40. The molecule has 0 bridgehead atoms. The van der Waals surface area contributed by atoms with Crippen LogP contribution in [0.2, 0.25) is 0 Å². The minimum absolute atomic E-state index is 0.755. The molecule has 1 unspecified atom stereocenters. The summed E-state index contributed by atoms with van der Waals surface area (Å²) in [5, 5.41) is 14.2. The fourth-order valence-electron chi connectivity index (χ4n) is 4.76. The molecule has 3 aliphatic rings. The second-order valence-corrected chi connectivity index (χ2v) is 9.43. The van der Waals surface area contributed by atoms with Gasteiger partial charge in [-0.25, -0.2) is 9.59 Å². The van der Waals surface area contributed by atoms with E-state index in [0.29, 0.717) is 0 Å². The van der Waals surface area contributed by atoms with Crippen molar-refractivity contribution in [2.45, 2.75) is 57.0 Å². The van der Waals surface area contributed by atoms with Crippen molar-refractivity contribution < 1.29 is 46.1 Å². The second kappa shape index (κ2) is 12.7. The number of rotatable bonds is 5. The normalized spacial score (nSPS) is 24.2. The zero-order chi connectivity index (χ0) is 27.1. The number of pyridine rings is 1. The molecule has 3 fully saturated rings. The van der Waals surface area contributed by atoms with Crippen LogP contribution in [0.15, 0.2) is 24.4 Å². The quantitative estimate of drug-likeness (QED) is 0.552. The predicted molar refractivity (Wildman–Crippen MR) is 117 cm³/mol. The number of hydrogen-bond donors (Lipinski definition) is 2. The summed E-state index contributed by atoms with van der Waals surface area (Å²) >= 11 is 0. The molecule has 0 spiro atoms. The number of carbonyl (C=O) groups is 2. The van der Waals surface area contributed by atoms with Gasteiger partial charge in [-0.2, -0.15) is 26.3 Å². The highest BCUT2D eigenvalue weighted by Gasteiger charge is 2.42. The molecule has 1 saturated heterocycles. The van der Waals surface area contributed by atoms with Crippen LogP contribution >= 0.6 is 0 Å². The maximum absolute atomic E-state index is 10.6. The van der Waals surface area contributed by atoms with E-state index in [2.05, 4.69) is 34.0 Å². The molecule has 204 valence electrons. The van der Waals surface area contributed by atoms with Crippen molar-refractivity contribution in [2.75, 3.05) is 26.7 Å². The van der Waals surface area contributed by atoms with Crippen molar-refractivity contribution in [3.63, 3.8) is 0 Å². The van der Waals surface area contributed by atoms with E-state index < -0.39 is 24.3 Å². The predicted octanol–water partition coefficient (Wildman–Crippen LogP) is 4.29. The Morgan fingerprint density at radius 1 is 1.00 bits per heavy atom. The summed E-state index contributed by atoms with van der Waals surface area (Å²) in [6.07, 6.45) is -1.04. The van der Waals surface area contributed by atoms with Gasteiger partial charge in [-0.3, -0.25) is 9.88 Å². The van der Waals surface area contributed by atoms with Crippen LogP contribution in [0.3, 0.4) is 0 Å². The molecule has 2 N–H and O–H groups in total. The minimum Gasteiger partial charge on any atom is -0.475 e. The first-order valence-electron chi connectivity index (χ1n) is 11.6. The Bertz CT molecular complexity index is 824. The molecule has 4 rings (SSSR count). The molecule has 2 aliphatic carbocycles. The van der Waals surface area contributed by atoms with Crippen LogP contribution in [0, 0.1) is 17.8 Å². The van der Waals surface area contributed by atoms with Gasteiger partial charge < -0.3 is 15.1 Å². The zero-order valence-corrected chi connectivity index (χ0v) is 19.8. The van der Waals surface area contributed by atoms with Crippen LogP contribution in [0.5, 0.6) is 0 Å². The summed E-state index contributed by atoms with van der Waals surface area (Å²) < 4.78 is 63.5. The lowest BCUT2D eigenvalue weighted by Gasteiger charge is -2.39. The maximum atomic E-state index is 10.6. The fourth-order valence-corrected chi connectivity index (χ4v) is 4.76. The zero-order valence-electron chi connectivity index (χ0n) is 19.8. The Kier molecular flexibility index (Phi) is 10.5. The van der Waals surface area contributed by atoms with Gasteiger partial charge in [0.15, 0.2) is 0 Å². The summed E-state index contributed by atoms with van der Waals surface area (Å²) in [7, 11) is 2.31. The minimum atomic E-state index is -5.08. The van der Waals surface area contributed by atoms with E-state index >= 15 is 0 Å². The molecule has 0 amide bonds. The molecule has 2 saturated carbocycles. The third kappa shape index (κ3) is 9.92. The van der Waals surface area contributed by atoms with Crippen LogP contribution in [-0.4, -0.2) is 82.0 Å². The number of halogens is 6. The average Bonchev–Trinajstić information content (AvgIpc) is 3.49. The smallest absolute Gasteiger partial charge is 0.475 e. The van der Waals surface area contributed by atoms with E-state index in [4.69, 9.17) is 19.8 Å². The van der Waals surface area contributed by atoms with Crippen LogP contribution in [0.25, 0.3) is 0 Å². The van der Waals surface area contributed by atoms with E-state index in [-0.39, 0.29) is 0 Å². The van der Waals surface area contributed by atoms with Gasteiger partial charge in [0, 0.05) is 38.4 Å². The average molecular weight is 528 g/mol. The van der Waals surface area contributed by atoms with Crippen LogP contribution in [-0.2, 0) is 16.1 Å². The molecule has 1 aliphatic heterocycles. The summed E-state index contributed by atoms with van der Waals surface area (Å²) in [4.78, 5) is 27.7. The molecule has 1 aromatic heterocycles. The van der Waals surface area contributed by atoms with E-state index in [1.807, 2.05) is 12.3 Å². The lowest BCUT2D eigenvalue weighted by molar-refractivity contribution is -0.193. The highest BCUT2D eigenvalue weighted by atomic mass is 19.4. The topological polar surface area (TPSA) is 94.0 Å². The lowest BCUT2D eigenvalue weighted by Crippen LogP contribution is -2.43. The first kappa shape index (κ1) is 29.8. The molecular formula is C23H31F6N3O4. The number of carboxylic acids is 2. The van der Waals surface area contributed by atoms with Crippen molar-refractivity contribution in [1.82, 2.24) is 14.8 Å². The number of hydrogen-bond acceptors (Lipinski definition) is 5. The van der Waals surface area contributed by atoms with Gasteiger partial charge in [0.2, 0.25) is 0 Å². The van der Waals surface area contributed by atoms with Gasteiger partial charge in [-0.15, -0.1) is 0 Å². The molecule has 0 radical (unpaired) electrons. The van der Waals surface area contributed by atoms with E-state index in [1.165, 1.54) is 57.4 Å². The van der Waals surface area contributed by atoms with Gasteiger partial charge in [-0.05, 0) is 62.6 Å². The lowest BCUT2D eigenvalue weighted by atomic mass is 9.77. The number of carboxylic acid groups (broad SMARTS) is 2. The monoisotopic (exact) mass is 527 g/mol. The molecule has 7 nitrogen and oxygen atoms in total. The fraction of sp³-hybridized carbons (Fsp3) is 0.696. The molecule has 0 aromatic carbocycles. The Hall–Kier alpha value is -2.41. The van der Waals surface area contributed by atoms with Crippen molar-refractivity contribution >= 4 is 11.9 Å². The molecule has 13 heteroatoms. The summed E-state index contributed by atoms with van der Waals surface area (Å²) in [6.45, 7) is 5.09. The number of fused-ring (bicyclic) bond motifs is 1. The standard InChI is InChI=1S/C19H29N3.2C2HF3O2/c1-21(13-17-6-2-3-10-20-17)19-7-4-5-16-12-22(14-18(16)19)11-15-8-9-15;2*3-2(4,5)1(6)7/h2-3,6,10,15-16,18-19H,4-5,7-9,11-14H2,1H3;2*(H,6,7)/t16-,18+,19?;;/m1../s1. The van der Waals surface area contributed by atoms with E-state index in [9.17, 15) is 26.3 Å². The third-order valence-electron chi connectivity index (χ3n) is 6.54. The summed E-state index contributed by atoms with van der Waals surface area (Å²) in [5.74, 6) is -2.64. The highest BCUT2D eigenvalue weighted by molar-refractivity contribution is 5.73. The van der Waals surface area contributed by atoms with Crippen molar-refractivity contribution in [3.8, 4) is 0 Å². The SMILES string of the molecule is CN(Cc1ccccn1)C1CCC[C@@H]2CN(CC3CC3)C[C@H]12.O=C(O)C(F)(F)F.O=C(O)C(F)(F)F. The number of alkyl halides is 6. The molecular weight excluding hydrogens is 496 g/mol. The summed E-state index contributed by atoms with van der Waals surface area (Å²) in [6, 6.07) is 7.02. The number of likely N-dealkylation sites (tertiary alicyclic amines) is 1. The number of aliphatic carboxylic acids is 2. The Morgan fingerprint density at radius 3 is 2.06 bits per heavy atom. The first-order chi connectivity index (χ1) is 16.7.